The summed E-state index contributed by atoms with van der Waals surface area (Å²) in [5.74, 6) is 0.269. The summed E-state index contributed by atoms with van der Waals surface area (Å²) in [6.45, 7) is 8.85. The van der Waals surface area contributed by atoms with Crippen LogP contribution in [-0.2, 0) is 16.1 Å². The molecule has 0 saturated carbocycles. The van der Waals surface area contributed by atoms with Gasteiger partial charge in [-0.1, -0.05) is 28.1 Å². The van der Waals surface area contributed by atoms with Crippen LogP contribution in [-0.4, -0.2) is 53.6 Å². The van der Waals surface area contributed by atoms with Crippen molar-refractivity contribution in [2.45, 2.75) is 70.6 Å². The lowest BCUT2D eigenvalue weighted by atomic mass is 9.89. The number of halogens is 1. The van der Waals surface area contributed by atoms with Gasteiger partial charge in [0, 0.05) is 37.1 Å². The van der Waals surface area contributed by atoms with Crippen LogP contribution in [0.15, 0.2) is 28.7 Å². The van der Waals surface area contributed by atoms with Gasteiger partial charge < -0.3 is 9.64 Å². The van der Waals surface area contributed by atoms with E-state index in [1.54, 1.807) is 0 Å². The summed E-state index contributed by atoms with van der Waals surface area (Å²) in [4.78, 5) is 16.7. The van der Waals surface area contributed by atoms with Crippen molar-refractivity contribution in [1.82, 2.24) is 9.80 Å². The Kier molecular flexibility index (Phi) is 7.35. The summed E-state index contributed by atoms with van der Waals surface area (Å²) in [6.07, 6.45) is 6.31. The summed E-state index contributed by atoms with van der Waals surface area (Å²) in [5.41, 5.74) is 1.37. The summed E-state index contributed by atoms with van der Waals surface area (Å²) < 4.78 is 7.68. The maximum atomic E-state index is 12.3. The Morgan fingerprint density at radius 1 is 1.26 bits per heavy atom. The molecule has 2 heterocycles. The van der Waals surface area contributed by atoms with Gasteiger partial charge in [0.15, 0.2) is 0 Å². The second kappa shape index (κ2) is 9.53. The molecule has 1 spiro atoms. The number of nitrogens with zero attached hydrogens (tertiary/aromatic N) is 2. The van der Waals surface area contributed by atoms with Gasteiger partial charge in [-0.15, -0.1) is 0 Å². The van der Waals surface area contributed by atoms with E-state index in [2.05, 4.69) is 45.1 Å². The van der Waals surface area contributed by atoms with Crippen molar-refractivity contribution in [2.24, 2.45) is 0 Å². The maximum absolute atomic E-state index is 12.3. The van der Waals surface area contributed by atoms with E-state index < -0.39 is 0 Å². The zero-order valence-corrected chi connectivity index (χ0v) is 18.3. The lowest BCUT2D eigenvalue weighted by molar-refractivity contribution is -0.132. The molecule has 2 atom stereocenters. The van der Waals surface area contributed by atoms with Gasteiger partial charge in [0.1, 0.15) is 0 Å². The Hall–Kier alpha value is -0.910. The molecule has 0 aromatic heterocycles. The first kappa shape index (κ1) is 20.8. The van der Waals surface area contributed by atoms with Crippen LogP contribution in [0.4, 0.5) is 0 Å². The van der Waals surface area contributed by atoms with Crippen molar-refractivity contribution in [3.8, 4) is 0 Å². The van der Waals surface area contributed by atoms with Crippen molar-refractivity contribution in [2.75, 3.05) is 26.2 Å². The molecule has 3 rings (SSSR count). The zero-order valence-electron chi connectivity index (χ0n) is 16.8. The molecule has 2 aliphatic heterocycles. The van der Waals surface area contributed by atoms with Gasteiger partial charge in [-0.25, -0.2) is 0 Å². The van der Waals surface area contributed by atoms with Crippen LogP contribution in [0, 0.1) is 0 Å². The molecular weight excluding hydrogens is 404 g/mol. The number of benzene rings is 1. The van der Waals surface area contributed by atoms with Gasteiger partial charge in [0.2, 0.25) is 5.91 Å². The fourth-order valence-corrected chi connectivity index (χ4v) is 4.86. The van der Waals surface area contributed by atoms with Crippen molar-refractivity contribution in [3.05, 3.63) is 34.3 Å². The number of carbonyl (C=O) groups is 1. The average Bonchev–Trinajstić information content (AvgIpc) is 3.05. The maximum Gasteiger partial charge on any atom is 0.222 e. The Labute approximate surface area is 172 Å². The van der Waals surface area contributed by atoms with Gasteiger partial charge >= 0.3 is 0 Å². The van der Waals surface area contributed by atoms with Crippen LogP contribution < -0.4 is 0 Å². The first-order chi connectivity index (χ1) is 13.0. The monoisotopic (exact) mass is 436 g/mol. The van der Waals surface area contributed by atoms with E-state index in [1.165, 1.54) is 12.0 Å². The van der Waals surface area contributed by atoms with Crippen LogP contribution in [0.25, 0.3) is 0 Å². The highest BCUT2D eigenvalue weighted by Crippen LogP contribution is 2.39. The number of hydrogen-bond acceptors (Lipinski definition) is 3. The molecule has 150 valence electrons. The second-order valence-corrected chi connectivity index (χ2v) is 8.92. The quantitative estimate of drug-likeness (QED) is 0.625. The Bertz CT molecular complexity index is 617. The van der Waals surface area contributed by atoms with E-state index in [0.717, 1.165) is 62.9 Å². The smallest absolute Gasteiger partial charge is 0.222 e. The van der Waals surface area contributed by atoms with E-state index >= 15 is 0 Å². The molecule has 1 amide bonds. The zero-order chi connectivity index (χ0) is 19.3. The first-order valence-corrected chi connectivity index (χ1v) is 11.3. The molecule has 27 heavy (non-hydrogen) atoms. The fraction of sp³-hybridized carbons (Fsp3) is 0.682. The van der Waals surface area contributed by atoms with Crippen LogP contribution in [0.3, 0.4) is 0 Å². The Morgan fingerprint density at radius 3 is 2.70 bits per heavy atom. The minimum Gasteiger partial charge on any atom is -0.370 e. The van der Waals surface area contributed by atoms with Gasteiger partial charge in [0.05, 0.1) is 11.7 Å². The van der Waals surface area contributed by atoms with Gasteiger partial charge in [-0.2, -0.15) is 0 Å². The summed E-state index contributed by atoms with van der Waals surface area (Å²) >= 11 is 3.51. The van der Waals surface area contributed by atoms with E-state index in [0.29, 0.717) is 6.42 Å². The van der Waals surface area contributed by atoms with Gasteiger partial charge in [0.25, 0.3) is 0 Å². The van der Waals surface area contributed by atoms with Crippen LogP contribution >= 0.6 is 15.9 Å². The highest BCUT2D eigenvalue weighted by molar-refractivity contribution is 9.10. The molecule has 0 N–H and O–H groups in total. The average molecular weight is 437 g/mol. The Morgan fingerprint density at radius 2 is 2.00 bits per heavy atom. The third-order valence-electron chi connectivity index (χ3n) is 6.07. The number of hydrogen-bond donors (Lipinski definition) is 0. The fourth-order valence-electron chi connectivity index (χ4n) is 4.59. The van der Waals surface area contributed by atoms with Crippen LogP contribution in [0.1, 0.15) is 57.9 Å². The van der Waals surface area contributed by atoms with Gasteiger partial charge in [-0.3, -0.25) is 9.69 Å². The number of carbonyl (C=O) groups excluding carboxylic acids is 1. The highest BCUT2D eigenvalue weighted by Gasteiger charge is 2.43. The number of piperidine rings is 1. The van der Waals surface area contributed by atoms with E-state index in [4.69, 9.17) is 4.74 Å². The van der Waals surface area contributed by atoms with Crippen LogP contribution in [0.2, 0.25) is 0 Å². The topological polar surface area (TPSA) is 32.8 Å². The summed E-state index contributed by atoms with van der Waals surface area (Å²) in [7, 11) is 0. The Balaban J connectivity index is 1.50. The molecule has 1 aromatic rings. The standard InChI is InChI=1S/C22H33BrN2O2/c1-3-25(4-2)21(26)11-10-20-12-14-22(27-20)13-5-15-24(17-22)16-18-6-8-19(23)9-7-18/h6-9,20H,3-5,10-17H2,1-2H3/t20-,22+/m1/s1. The van der Waals surface area contributed by atoms with Crippen molar-refractivity contribution in [1.29, 1.82) is 0 Å². The lowest BCUT2D eigenvalue weighted by Crippen LogP contribution is -2.47. The predicted octanol–water partition coefficient (Wildman–Crippen LogP) is 4.61. The molecule has 5 heteroatoms. The minimum absolute atomic E-state index is 0.0104. The molecule has 2 fully saturated rings. The normalized spacial score (nSPS) is 25.8. The second-order valence-electron chi connectivity index (χ2n) is 8.01. The van der Waals surface area contributed by atoms with Crippen molar-refractivity contribution < 1.29 is 9.53 Å². The predicted molar refractivity (Wildman–Crippen MR) is 113 cm³/mol. The molecule has 0 unspecified atom stereocenters. The number of amides is 1. The molecule has 4 nitrogen and oxygen atoms in total. The summed E-state index contributed by atoms with van der Waals surface area (Å²) in [5, 5.41) is 0. The van der Waals surface area contributed by atoms with Crippen molar-refractivity contribution in [3.63, 3.8) is 0 Å². The highest BCUT2D eigenvalue weighted by atomic mass is 79.9. The van der Waals surface area contributed by atoms with Crippen LogP contribution in [0.5, 0.6) is 0 Å². The molecule has 0 radical (unpaired) electrons. The molecular formula is C22H33BrN2O2. The largest absolute Gasteiger partial charge is 0.370 e. The summed E-state index contributed by atoms with van der Waals surface area (Å²) in [6, 6.07) is 8.62. The SMILES string of the molecule is CCN(CC)C(=O)CC[C@@H]1CC[C@]2(CCCN(Cc3ccc(Br)cc3)C2)O1. The van der Waals surface area contributed by atoms with Crippen molar-refractivity contribution >= 4 is 21.8 Å². The van der Waals surface area contributed by atoms with Gasteiger partial charge in [-0.05, 0) is 70.2 Å². The molecule has 2 aliphatic rings. The lowest BCUT2D eigenvalue weighted by Gasteiger charge is -2.40. The number of likely N-dealkylation sites (tertiary alicyclic amines) is 1. The third-order valence-corrected chi connectivity index (χ3v) is 6.60. The molecule has 0 aliphatic carbocycles. The minimum atomic E-state index is 0.0104. The van der Waals surface area contributed by atoms with E-state index in [9.17, 15) is 4.79 Å². The first-order valence-electron chi connectivity index (χ1n) is 10.5. The van der Waals surface area contributed by atoms with E-state index in [1.807, 2.05) is 18.7 Å². The number of rotatable bonds is 7. The molecule has 0 bridgehead atoms. The third kappa shape index (κ3) is 5.55. The molecule has 1 aromatic carbocycles. The number of ether oxygens (including phenoxy) is 1. The molecule has 2 saturated heterocycles. The van der Waals surface area contributed by atoms with E-state index in [-0.39, 0.29) is 17.6 Å².